The summed E-state index contributed by atoms with van der Waals surface area (Å²) in [4.78, 5) is 7.84. The Morgan fingerprint density at radius 3 is 2.84 bits per heavy atom. The number of anilines is 1. The van der Waals surface area contributed by atoms with Gasteiger partial charge in [0.15, 0.2) is 0 Å². The third-order valence-electron chi connectivity index (χ3n) is 4.84. The first kappa shape index (κ1) is 16.3. The highest BCUT2D eigenvalue weighted by Gasteiger charge is 2.29. The van der Waals surface area contributed by atoms with Crippen molar-refractivity contribution >= 4 is 40.2 Å². The highest BCUT2D eigenvalue weighted by Crippen LogP contribution is 2.38. The molecule has 25 heavy (non-hydrogen) atoms. The Kier molecular flexibility index (Phi) is 4.29. The van der Waals surface area contributed by atoms with Gasteiger partial charge < -0.3 is 10.3 Å². The second kappa shape index (κ2) is 6.59. The van der Waals surface area contributed by atoms with Crippen LogP contribution in [-0.2, 0) is 0 Å². The van der Waals surface area contributed by atoms with Crippen molar-refractivity contribution in [2.45, 2.75) is 31.2 Å². The predicted octanol–water partition coefficient (Wildman–Crippen LogP) is 5.49. The van der Waals surface area contributed by atoms with Crippen molar-refractivity contribution < 1.29 is 0 Å². The van der Waals surface area contributed by atoms with Crippen LogP contribution >= 0.6 is 23.2 Å². The first-order valence-corrected chi connectivity index (χ1v) is 9.01. The van der Waals surface area contributed by atoms with E-state index in [1.54, 1.807) is 6.07 Å². The monoisotopic (exact) mass is 370 g/mol. The molecule has 1 aliphatic rings. The normalized spacial score (nSPS) is 19.9. The number of para-hydroxylation sites is 1. The Morgan fingerprint density at radius 2 is 2.04 bits per heavy atom. The van der Waals surface area contributed by atoms with Crippen LogP contribution in [0.25, 0.3) is 11.0 Å². The number of imidazole rings is 1. The third kappa shape index (κ3) is 3.06. The molecule has 1 saturated carbocycles. The van der Waals surface area contributed by atoms with E-state index in [1.165, 1.54) is 5.56 Å². The molecule has 2 aromatic carbocycles. The van der Waals surface area contributed by atoms with E-state index in [1.807, 2.05) is 30.3 Å². The van der Waals surface area contributed by atoms with Crippen molar-refractivity contribution in [2.75, 3.05) is 5.32 Å². The minimum absolute atomic E-state index is 0.267. The summed E-state index contributed by atoms with van der Waals surface area (Å²) in [5.74, 6) is 1.06. The van der Waals surface area contributed by atoms with Crippen LogP contribution < -0.4 is 5.32 Å². The zero-order chi connectivity index (χ0) is 17.4. The van der Waals surface area contributed by atoms with Crippen LogP contribution in [0, 0.1) is 11.3 Å². The van der Waals surface area contributed by atoms with E-state index in [0.29, 0.717) is 33.0 Å². The summed E-state index contributed by atoms with van der Waals surface area (Å²) in [6.07, 6.45) is 3.30. The largest absolute Gasteiger partial charge is 0.352 e. The van der Waals surface area contributed by atoms with E-state index in [4.69, 9.17) is 23.2 Å². The van der Waals surface area contributed by atoms with Gasteiger partial charge in [0.25, 0.3) is 0 Å². The SMILES string of the molecule is N#Cc1cccc2[nH]c(N[C@H]3CCC[C@@H]3c3ccc(Cl)c(Cl)c3)nc12. The smallest absolute Gasteiger partial charge is 0.201 e. The highest BCUT2D eigenvalue weighted by molar-refractivity contribution is 6.42. The van der Waals surface area contributed by atoms with Crippen molar-refractivity contribution in [3.8, 4) is 6.07 Å². The van der Waals surface area contributed by atoms with Gasteiger partial charge in [-0.25, -0.2) is 4.98 Å². The van der Waals surface area contributed by atoms with E-state index >= 15 is 0 Å². The fourth-order valence-electron chi connectivity index (χ4n) is 3.64. The molecule has 1 heterocycles. The van der Waals surface area contributed by atoms with Crippen molar-refractivity contribution in [1.29, 1.82) is 5.26 Å². The van der Waals surface area contributed by atoms with Gasteiger partial charge in [-0.2, -0.15) is 5.26 Å². The summed E-state index contributed by atoms with van der Waals surface area (Å²) < 4.78 is 0. The van der Waals surface area contributed by atoms with Crippen LogP contribution in [0.2, 0.25) is 10.0 Å². The van der Waals surface area contributed by atoms with Gasteiger partial charge in [0.05, 0.1) is 21.1 Å². The second-order valence-corrected chi connectivity index (χ2v) is 7.18. The maximum Gasteiger partial charge on any atom is 0.201 e. The first-order valence-electron chi connectivity index (χ1n) is 8.26. The average Bonchev–Trinajstić information content (AvgIpc) is 3.23. The molecule has 1 aliphatic carbocycles. The van der Waals surface area contributed by atoms with Crippen LogP contribution in [0.5, 0.6) is 0 Å². The summed E-state index contributed by atoms with van der Waals surface area (Å²) >= 11 is 12.2. The van der Waals surface area contributed by atoms with Crippen LogP contribution in [0.4, 0.5) is 5.95 Å². The standard InChI is InChI=1S/C19H16Cl2N4/c20-14-8-7-11(9-15(14)21)13-4-2-5-16(13)23-19-24-17-6-1-3-12(10-22)18(17)25-19/h1,3,6-9,13,16H,2,4-5H2,(H2,23,24,25)/t13-,16+/m1/s1. The maximum atomic E-state index is 9.22. The molecule has 0 amide bonds. The lowest BCUT2D eigenvalue weighted by molar-refractivity contribution is 0.646. The zero-order valence-corrected chi connectivity index (χ0v) is 14.9. The Hall–Kier alpha value is -2.22. The number of nitrogens with one attached hydrogen (secondary N) is 2. The molecule has 126 valence electrons. The van der Waals surface area contributed by atoms with Crippen LogP contribution in [-0.4, -0.2) is 16.0 Å². The molecular formula is C19H16Cl2N4. The fraction of sp³-hybridized carbons (Fsp3) is 0.263. The number of aromatic amines is 1. The van der Waals surface area contributed by atoms with Crippen molar-refractivity contribution in [2.24, 2.45) is 0 Å². The molecule has 3 aromatic rings. The van der Waals surface area contributed by atoms with E-state index in [9.17, 15) is 5.26 Å². The molecule has 4 rings (SSSR count). The van der Waals surface area contributed by atoms with E-state index in [0.717, 1.165) is 24.8 Å². The molecule has 1 fully saturated rings. The number of fused-ring (bicyclic) bond motifs is 1. The molecule has 0 bridgehead atoms. The van der Waals surface area contributed by atoms with E-state index < -0.39 is 0 Å². The molecule has 0 radical (unpaired) electrons. The van der Waals surface area contributed by atoms with Crippen LogP contribution in [0.3, 0.4) is 0 Å². The molecule has 0 saturated heterocycles. The number of hydrogen-bond acceptors (Lipinski definition) is 3. The Balaban J connectivity index is 1.61. The predicted molar refractivity (Wildman–Crippen MR) is 101 cm³/mol. The van der Waals surface area contributed by atoms with Crippen molar-refractivity contribution in [1.82, 2.24) is 9.97 Å². The van der Waals surface area contributed by atoms with Crippen molar-refractivity contribution in [3.05, 3.63) is 57.6 Å². The Morgan fingerprint density at radius 1 is 1.16 bits per heavy atom. The summed E-state index contributed by atoms with van der Waals surface area (Å²) in [5.41, 5.74) is 3.34. The number of H-pyrrole nitrogens is 1. The molecule has 6 heteroatoms. The molecule has 0 spiro atoms. The highest BCUT2D eigenvalue weighted by atomic mass is 35.5. The van der Waals surface area contributed by atoms with Crippen LogP contribution in [0.1, 0.15) is 36.3 Å². The van der Waals surface area contributed by atoms with Crippen molar-refractivity contribution in [3.63, 3.8) is 0 Å². The zero-order valence-electron chi connectivity index (χ0n) is 13.4. The average molecular weight is 371 g/mol. The Bertz CT molecular complexity index is 973. The number of hydrogen-bond donors (Lipinski definition) is 2. The second-order valence-electron chi connectivity index (χ2n) is 6.36. The maximum absolute atomic E-state index is 9.22. The van der Waals surface area contributed by atoms with Gasteiger partial charge in [0.2, 0.25) is 5.95 Å². The van der Waals surface area contributed by atoms with Gasteiger partial charge in [-0.1, -0.05) is 41.8 Å². The minimum Gasteiger partial charge on any atom is -0.352 e. The number of benzene rings is 2. The first-order chi connectivity index (χ1) is 12.2. The summed E-state index contributed by atoms with van der Waals surface area (Å²) in [6.45, 7) is 0. The van der Waals surface area contributed by atoms with Gasteiger partial charge in [0, 0.05) is 12.0 Å². The lowest BCUT2D eigenvalue weighted by atomic mass is 9.94. The topological polar surface area (TPSA) is 64.5 Å². The lowest BCUT2D eigenvalue weighted by Crippen LogP contribution is -2.23. The number of nitrogens with zero attached hydrogens (tertiary/aromatic N) is 2. The molecule has 1 aromatic heterocycles. The minimum atomic E-state index is 0.267. The summed E-state index contributed by atoms with van der Waals surface area (Å²) in [5, 5.41) is 13.9. The molecule has 0 unspecified atom stereocenters. The number of aromatic nitrogens is 2. The quantitative estimate of drug-likeness (QED) is 0.640. The van der Waals surface area contributed by atoms with Gasteiger partial charge >= 0.3 is 0 Å². The third-order valence-corrected chi connectivity index (χ3v) is 5.58. The number of rotatable bonds is 3. The molecule has 4 nitrogen and oxygen atoms in total. The summed E-state index contributed by atoms with van der Waals surface area (Å²) in [7, 11) is 0. The molecule has 0 aliphatic heterocycles. The number of nitriles is 1. The summed E-state index contributed by atoms with van der Waals surface area (Å²) in [6, 6.07) is 13.9. The molecule has 2 atom stereocenters. The van der Waals surface area contributed by atoms with E-state index in [-0.39, 0.29) is 6.04 Å². The van der Waals surface area contributed by atoms with E-state index in [2.05, 4.69) is 21.4 Å². The molecular weight excluding hydrogens is 355 g/mol. The number of halogens is 2. The van der Waals surface area contributed by atoms with Gasteiger partial charge in [0.1, 0.15) is 11.6 Å². The Labute approximate surface area is 155 Å². The van der Waals surface area contributed by atoms with Gasteiger partial charge in [-0.05, 0) is 42.7 Å². The van der Waals surface area contributed by atoms with Gasteiger partial charge in [-0.15, -0.1) is 0 Å². The molecule has 2 N–H and O–H groups in total. The fourth-order valence-corrected chi connectivity index (χ4v) is 3.95. The lowest BCUT2D eigenvalue weighted by Gasteiger charge is -2.21. The van der Waals surface area contributed by atoms with Gasteiger partial charge in [-0.3, -0.25) is 0 Å². The van der Waals surface area contributed by atoms with Crippen LogP contribution in [0.15, 0.2) is 36.4 Å².